The van der Waals surface area contributed by atoms with Gasteiger partial charge in [0, 0.05) is 13.3 Å². The van der Waals surface area contributed by atoms with Gasteiger partial charge in [0.2, 0.25) is 6.29 Å². The molecule has 0 amide bonds. The van der Waals surface area contributed by atoms with Crippen molar-refractivity contribution >= 4 is 11.9 Å². The third kappa shape index (κ3) is 2.69. The summed E-state index contributed by atoms with van der Waals surface area (Å²) in [6.45, 7) is 1.30. The zero-order chi connectivity index (χ0) is 9.84. The fourth-order valence-corrected chi connectivity index (χ4v) is 1.18. The Labute approximate surface area is 76.0 Å². The molecule has 13 heavy (non-hydrogen) atoms. The van der Waals surface area contributed by atoms with E-state index in [1.54, 1.807) is 0 Å². The van der Waals surface area contributed by atoms with Crippen molar-refractivity contribution < 1.29 is 23.8 Å². The van der Waals surface area contributed by atoms with E-state index in [9.17, 15) is 9.59 Å². The number of carbonyl (C=O) groups is 2. The van der Waals surface area contributed by atoms with Crippen molar-refractivity contribution in [1.82, 2.24) is 0 Å². The van der Waals surface area contributed by atoms with E-state index >= 15 is 0 Å². The van der Waals surface area contributed by atoms with Gasteiger partial charge in [-0.1, -0.05) is 0 Å². The first-order chi connectivity index (χ1) is 6.13. The SMILES string of the molecule is COC(=O)[C@@H]1CC[C@H](OC(C)=O)O1. The van der Waals surface area contributed by atoms with Crippen molar-refractivity contribution in [3.05, 3.63) is 0 Å². The minimum Gasteiger partial charge on any atom is -0.467 e. The molecule has 0 unspecified atom stereocenters. The predicted molar refractivity (Wildman–Crippen MR) is 41.7 cm³/mol. The second-order valence-corrected chi connectivity index (χ2v) is 2.76. The predicted octanol–water partition coefficient (Wildman–Crippen LogP) is 0.228. The molecule has 74 valence electrons. The van der Waals surface area contributed by atoms with Gasteiger partial charge in [0.15, 0.2) is 6.10 Å². The fraction of sp³-hybridized carbons (Fsp3) is 0.750. The second kappa shape index (κ2) is 4.23. The lowest BCUT2D eigenvalue weighted by molar-refractivity contribution is -0.182. The topological polar surface area (TPSA) is 61.8 Å². The Morgan fingerprint density at radius 2 is 2.08 bits per heavy atom. The van der Waals surface area contributed by atoms with Gasteiger partial charge in [0.25, 0.3) is 0 Å². The standard InChI is InChI=1S/C8H12O5/c1-5(9)12-7-4-3-6(13-7)8(10)11-2/h6-7H,3-4H2,1-2H3/t6-,7+/m0/s1. The molecule has 1 heterocycles. The molecule has 1 rings (SSSR count). The van der Waals surface area contributed by atoms with Crippen molar-refractivity contribution in [2.75, 3.05) is 7.11 Å². The average molecular weight is 188 g/mol. The monoisotopic (exact) mass is 188 g/mol. The lowest BCUT2D eigenvalue weighted by Crippen LogP contribution is -2.24. The van der Waals surface area contributed by atoms with E-state index in [-0.39, 0.29) is 0 Å². The highest BCUT2D eigenvalue weighted by atomic mass is 16.7. The molecule has 1 aliphatic rings. The van der Waals surface area contributed by atoms with Crippen LogP contribution in [0.1, 0.15) is 19.8 Å². The number of methoxy groups -OCH3 is 1. The Hall–Kier alpha value is -1.10. The molecule has 0 aromatic rings. The molecule has 0 aliphatic carbocycles. The Morgan fingerprint density at radius 3 is 2.62 bits per heavy atom. The number of ether oxygens (including phenoxy) is 3. The molecule has 0 saturated carbocycles. The molecule has 1 aliphatic heterocycles. The van der Waals surface area contributed by atoms with E-state index in [4.69, 9.17) is 9.47 Å². The molecule has 1 saturated heterocycles. The summed E-state index contributed by atoms with van der Waals surface area (Å²) in [4.78, 5) is 21.5. The maximum absolute atomic E-state index is 11.0. The van der Waals surface area contributed by atoms with Gasteiger partial charge in [-0.15, -0.1) is 0 Å². The highest BCUT2D eigenvalue weighted by molar-refractivity contribution is 5.74. The third-order valence-electron chi connectivity index (χ3n) is 1.74. The van der Waals surface area contributed by atoms with Gasteiger partial charge in [-0.2, -0.15) is 0 Å². The van der Waals surface area contributed by atoms with E-state index < -0.39 is 24.3 Å². The summed E-state index contributed by atoms with van der Waals surface area (Å²) in [7, 11) is 1.30. The number of rotatable bonds is 2. The summed E-state index contributed by atoms with van der Waals surface area (Å²) in [5, 5.41) is 0. The maximum atomic E-state index is 11.0. The van der Waals surface area contributed by atoms with Crippen LogP contribution in [0.3, 0.4) is 0 Å². The molecule has 0 spiro atoms. The van der Waals surface area contributed by atoms with Gasteiger partial charge in [-0.3, -0.25) is 4.79 Å². The minimum atomic E-state index is -0.596. The van der Waals surface area contributed by atoms with E-state index in [0.29, 0.717) is 12.8 Å². The van der Waals surface area contributed by atoms with Gasteiger partial charge >= 0.3 is 11.9 Å². The lowest BCUT2D eigenvalue weighted by atomic mass is 10.2. The van der Waals surface area contributed by atoms with E-state index in [1.165, 1.54) is 14.0 Å². The molecule has 0 aromatic carbocycles. The summed E-state index contributed by atoms with van der Waals surface area (Å²) in [5.74, 6) is -0.829. The van der Waals surface area contributed by atoms with Crippen LogP contribution in [-0.4, -0.2) is 31.4 Å². The smallest absolute Gasteiger partial charge is 0.335 e. The largest absolute Gasteiger partial charge is 0.467 e. The van der Waals surface area contributed by atoms with E-state index in [0.717, 1.165) is 0 Å². The molecule has 0 radical (unpaired) electrons. The van der Waals surface area contributed by atoms with Crippen molar-refractivity contribution in [2.24, 2.45) is 0 Å². The highest BCUT2D eigenvalue weighted by Gasteiger charge is 2.32. The second-order valence-electron chi connectivity index (χ2n) is 2.76. The number of carbonyl (C=O) groups excluding carboxylic acids is 2. The third-order valence-corrected chi connectivity index (χ3v) is 1.74. The van der Waals surface area contributed by atoms with Crippen molar-refractivity contribution in [1.29, 1.82) is 0 Å². The Bertz CT molecular complexity index is 213. The normalized spacial score (nSPS) is 26.9. The maximum Gasteiger partial charge on any atom is 0.335 e. The molecule has 1 fully saturated rings. The first-order valence-electron chi connectivity index (χ1n) is 4.04. The van der Waals surface area contributed by atoms with Gasteiger partial charge in [-0.05, 0) is 6.42 Å². The van der Waals surface area contributed by atoms with Gasteiger partial charge in [0.05, 0.1) is 7.11 Å². The molecular weight excluding hydrogens is 176 g/mol. The molecule has 5 heteroatoms. The zero-order valence-electron chi connectivity index (χ0n) is 7.61. The van der Waals surface area contributed by atoms with Crippen LogP contribution in [0.4, 0.5) is 0 Å². The van der Waals surface area contributed by atoms with Gasteiger partial charge < -0.3 is 14.2 Å². The summed E-state index contributed by atoms with van der Waals surface area (Å²) in [5.41, 5.74) is 0. The molecular formula is C8H12O5. The van der Waals surface area contributed by atoms with Crippen LogP contribution in [0.25, 0.3) is 0 Å². The van der Waals surface area contributed by atoms with Gasteiger partial charge in [-0.25, -0.2) is 4.79 Å². The average Bonchev–Trinajstić information content (AvgIpc) is 2.50. The summed E-state index contributed by atoms with van der Waals surface area (Å²) >= 11 is 0. The molecule has 0 N–H and O–H groups in total. The molecule has 2 atom stereocenters. The van der Waals surface area contributed by atoms with Crippen LogP contribution in [0.5, 0.6) is 0 Å². The number of hydrogen-bond acceptors (Lipinski definition) is 5. The quantitative estimate of drug-likeness (QED) is 0.580. The number of esters is 2. The molecule has 5 nitrogen and oxygen atoms in total. The van der Waals surface area contributed by atoms with E-state index in [2.05, 4.69) is 4.74 Å². The molecule has 0 bridgehead atoms. The Morgan fingerprint density at radius 1 is 1.38 bits per heavy atom. The van der Waals surface area contributed by atoms with Crippen LogP contribution < -0.4 is 0 Å². The summed E-state index contributed by atoms with van der Waals surface area (Å²) in [6.07, 6.45) is -0.111. The Balaban J connectivity index is 2.36. The van der Waals surface area contributed by atoms with Crippen molar-refractivity contribution in [2.45, 2.75) is 32.2 Å². The van der Waals surface area contributed by atoms with E-state index in [1.807, 2.05) is 0 Å². The molecule has 0 aromatic heterocycles. The van der Waals surface area contributed by atoms with Crippen molar-refractivity contribution in [3.8, 4) is 0 Å². The minimum absolute atomic E-state index is 0.407. The Kier molecular flexibility index (Phi) is 3.25. The first-order valence-corrected chi connectivity index (χ1v) is 4.04. The van der Waals surface area contributed by atoms with Crippen molar-refractivity contribution in [3.63, 3.8) is 0 Å². The summed E-state index contributed by atoms with van der Waals surface area (Å²) in [6, 6.07) is 0. The lowest BCUT2D eigenvalue weighted by Gasteiger charge is -2.11. The fourth-order valence-electron chi connectivity index (χ4n) is 1.18. The first kappa shape index (κ1) is 9.98. The highest BCUT2D eigenvalue weighted by Crippen LogP contribution is 2.21. The summed E-state index contributed by atoms with van der Waals surface area (Å²) < 4.78 is 14.4. The van der Waals surface area contributed by atoms with Crippen LogP contribution in [0.2, 0.25) is 0 Å². The van der Waals surface area contributed by atoms with Crippen LogP contribution >= 0.6 is 0 Å². The van der Waals surface area contributed by atoms with Crippen LogP contribution in [0, 0.1) is 0 Å². The zero-order valence-corrected chi connectivity index (χ0v) is 7.61. The number of hydrogen-bond donors (Lipinski definition) is 0. The van der Waals surface area contributed by atoms with Crippen LogP contribution in [0.15, 0.2) is 0 Å². The van der Waals surface area contributed by atoms with Gasteiger partial charge in [0.1, 0.15) is 0 Å². The van der Waals surface area contributed by atoms with Crippen LogP contribution in [-0.2, 0) is 23.8 Å².